The lowest BCUT2D eigenvalue weighted by Crippen LogP contribution is -2.30. The molecule has 9 heteroatoms. The van der Waals surface area contributed by atoms with Crippen LogP contribution in [0.1, 0.15) is 31.9 Å². The number of nitrogens with zero attached hydrogens (tertiary/aromatic N) is 2. The van der Waals surface area contributed by atoms with Crippen molar-refractivity contribution in [3.05, 3.63) is 64.6 Å². The van der Waals surface area contributed by atoms with E-state index in [1.807, 2.05) is 31.2 Å². The van der Waals surface area contributed by atoms with Crippen LogP contribution in [-0.2, 0) is 27.9 Å². The summed E-state index contributed by atoms with van der Waals surface area (Å²) >= 11 is 0. The number of nitrogens with two attached hydrogens (primary N) is 1. The second kappa shape index (κ2) is 8.22. The Morgan fingerprint density at radius 2 is 1.66 bits per heavy atom. The zero-order chi connectivity index (χ0) is 21.2. The maximum atomic E-state index is 12.6. The molecule has 1 atom stereocenters. The molecule has 8 nitrogen and oxygen atoms in total. The van der Waals surface area contributed by atoms with Crippen molar-refractivity contribution in [2.24, 2.45) is 5.14 Å². The minimum absolute atomic E-state index is 0.0199. The summed E-state index contributed by atoms with van der Waals surface area (Å²) in [6.45, 7) is 4.55. The summed E-state index contributed by atoms with van der Waals surface area (Å²) in [6.07, 6.45) is 0.150. The van der Waals surface area contributed by atoms with Crippen molar-refractivity contribution >= 4 is 27.0 Å². The van der Waals surface area contributed by atoms with E-state index in [1.165, 1.54) is 12.1 Å². The third kappa shape index (κ3) is 4.41. The first-order chi connectivity index (χ1) is 13.7. The van der Waals surface area contributed by atoms with Crippen molar-refractivity contribution in [2.75, 3.05) is 0 Å². The fourth-order valence-electron chi connectivity index (χ4n) is 3.35. The molecule has 3 rings (SSSR count). The maximum Gasteiger partial charge on any atom is 0.329 e. The van der Waals surface area contributed by atoms with E-state index in [-0.39, 0.29) is 35.5 Å². The standard InChI is InChI=1S/C20H24N4O4S/c1-3-23-17-6-4-5-7-18(17)24(20(23)26)13-12-19(25)22-14(2)15-8-10-16(11-9-15)29(21,27)28/h4-11,14H,3,12-13H2,1-2H3,(H,22,25)(H2,21,27,28)/t14-/m1/s1. The Labute approximate surface area is 169 Å². The van der Waals surface area contributed by atoms with Gasteiger partial charge in [-0.05, 0) is 43.7 Å². The summed E-state index contributed by atoms with van der Waals surface area (Å²) in [6, 6.07) is 13.2. The molecule has 0 fully saturated rings. The number of primary sulfonamides is 1. The minimum Gasteiger partial charge on any atom is -0.350 e. The summed E-state index contributed by atoms with van der Waals surface area (Å²) in [7, 11) is -3.75. The third-order valence-electron chi connectivity index (χ3n) is 4.89. The lowest BCUT2D eigenvalue weighted by Gasteiger charge is -2.15. The van der Waals surface area contributed by atoms with Gasteiger partial charge in [0.1, 0.15) is 0 Å². The lowest BCUT2D eigenvalue weighted by molar-refractivity contribution is -0.121. The Kier molecular flexibility index (Phi) is 5.90. The number of fused-ring (bicyclic) bond motifs is 1. The van der Waals surface area contributed by atoms with Crippen LogP contribution in [0.15, 0.2) is 58.2 Å². The Bertz CT molecular complexity index is 1190. The smallest absolute Gasteiger partial charge is 0.329 e. The van der Waals surface area contributed by atoms with Gasteiger partial charge in [-0.15, -0.1) is 0 Å². The molecule has 3 N–H and O–H groups in total. The zero-order valence-corrected chi connectivity index (χ0v) is 17.1. The molecule has 0 saturated carbocycles. The predicted molar refractivity (Wildman–Crippen MR) is 111 cm³/mol. The van der Waals surface area contributed by atoms with Crippen LogP contribution >= 0.6 is 0 Å². The van der Waals surface area contributed by atoms with Crippen LogP contribution in [0.2, 0.25) is 0 Å². The summed E-state index contributed by atoms with van der Waals surface area (Å²) in [5.74, 6) is -0.201. The highest BCUT2D eigenvalue weighted by atomic mass is 32.2. The number of amides is 1. The molecule has 0 radical (unpaired) electrons. The van der Waals surface area contributed by atoms with Crippen LogP contribution in [0.5, 0.6) is 0 Å². The molecule has 154 valence electrons. The fraction of sp³-hybridized carbons (Fsp3) is 0.300. The molecule has 29 heavy (non-hydrogen) atoms. The number of carbonyl (C=O) groups excluding carboxylic acids is 1. The number of aryl methyl sites for hydroxylation is 2. The van der Waals surface area contributed by atoms with E-state index in [1.54, 1.807) is 28.2 Å². The van der Waals surface area contributed by atoms with Crippen molar-refractivity contribution in [1.82, 2.24) is 14.5 Å². The molecule has 0 aliphatic carbocycles. The van der Waals surface area contributed by atoms with Crippen molar-refractivity contribution < 1.29 is 13.2 Å². The van der Waals surface area contributed by atoms with Gasteiger partial charge in [-0.2, -0.15) is 0 Å². The van der Waals surface area contributed by atoms with E-state index in [2.05, 4.69) is 5.32 Å². The van der Waals surface area contributed by atoms with E-state index in [9.17, 15) is 18.0 Å². The molecule has 0 unspecified atom stereocenters. The number of nitrogens with one attached hydrogen (secondary N) is 1. The van der Waals surface area contributed by atoms with Gasteiger partial charge in [0.15, 0.2) is 0 Å². The van der Waals surface area contributed by atoms with Crippen molar-refractivity contribution in [3.63, 3.8) is 0 Å². The van der Waals surface area contributed by atoms with Crippen molar-refractivity contribution in [2.45, 2.75) is 44.3 Å². The van der Waals surface area contributed by atoms with E-state index in [0.717, 1.165) is 16.6 Å². The number of rotatable bonds is 7. The predicted octanol–water partition coefficient (Wildman–Crippen LogP) is 1.74. The van der Waals surface area contributed by atoms with Gasteiger partial charge in [-0.25, -0.2) is 18.4 Å². The lowest BCUT2D eigenvalue weighted by atomic mass is 10.1. The van der Waals surface area contributed by atoms with Crippen molar-refractivity contribution in [3.8, 4) is 0 Å². The SMILES string of the molecule is CCn1c(=O)n(CCC(=O)N[C@H](C)c2ccc(S(N)(=O)=O)cc2)c2ccccc21. The average Bonchev–Trinajstić information content (AvgIpc) is 2.96. The monoisotopic (exact) mass is 416 g/mol. The van der Waals surface area contributed by atoms with Gasteiger partial charge in [0.05, 0.1) is 22.0 Å². The van der Waals surface area contributed by atoms with E-state index < -0.39 is 10.0 Å². The van der Waals surface area contributed by atoms with E-state index >= 15 is 0 Å². The molecule has 0 aliphatic heterocycles. The van der Waals surface area contributed by atoms with Crippen LogP contribution < -0.4 is 16.1 Å². The van der Waals surface area contributed by atoms with Gasteiger partial charge in [0.25, 0.3) is 0 Å². The molecular formula is C20H24N4O4S. The Balaban J connectivity index is 1.68. The number of para-hydroxylation sites is 2. The van der Waals surface area contributed by atoms with Crippen LogP contribution in [0.4, 0.5) is 0 Å². The number of imidazole rings is 1. The molecule has 0 bridgehead atoms. The number of sulfonamides is 1. The summed E-state index contributed by atoms with van der Waals surface area (Å²) in [5, 5.41) is 7.97. The second-order valence-corrected chi connectivity index (χ2v) is 8.38. The highest BCUT2D eigenvalue weighted by Gasteiger charge is 2.15. The summed E-state index contributed by atoms with van der Waals surface area (Å²) < 4.78 is 26.0. The first-order valence-electron chi connectivity index (χ1n) is 9.32. The van der Waals surface area contributed by atoms with Gasteiger partial charge in [-0.1, -0.05) is 24.3 Å². The number of benzene rings is 2. The first-order valence-corrected chi connectivity index (χ1v) is 10.9. The Hall–Kier alpha value is -2.91. The average molecular weight is 417 g/mol. The zero-order valence-electron chi connectivity index (χ0n) is 16.3. The quantitative estimate of drug-likeness (QED) is 0.610. The number of carbonyl (C=O) groups is 1. The fourth-order valence-corrected chi connectivity index (χ4v) is 3.87. The number of hydrogen-bond acceptors (Lipinski definition) is 4. The Morgan fingerprint density at radius 3 is 2.21 bits per heavy atom. The molecule has 0 saturated heterocycles. The summed E-state index contributed by atoms with van der Waals surface area (Å²) in [5.41, 5.74) is 2.28. The maximum absolute atomic E-state index is 12.6. The van der Waals surface area contributed by atoms with Crippen molar-refractivity contribution in [1.29, 1.82) is 0 Å². The molecular weight excluding hydrogens is 392 g/mol. The topological polar surface area (TPSA) is 116 Å². The van der Waals surface area contributed by atoms with Crippen LogP contribution in [0, 0.1) is 0 Å². The van der Waals surface area contributed by atoms with Gasteiger partial charge < -0.3 is 5.32 Å². The van der Waals surface area contributed by atoms with Gasteiger partial charge >= 0.3 is 5.69 Å². The first kappa shape index (κ1) is 20.8. The molecule has 3 aromatic rings. The molecule has 2 aromatic carbocycles. The molecule has 1 amide bonds. The Morgan fingerprint density at radius 1 is 1.07 bits per heavy atom. The minimum atomic E-state index is -3.75. The van der Waals surface area contributed by atoms with Gasteiger partial charge in [0.2, 0.25) is 15.9 Å². The van der Waals surface area contributed by atoms with Gasteiger partial charge in [0, 0.05) is 19.5 Å². The van der Waals surface area contributed by atoms with Gasteiger partial charge in [-0.3, -0.25) is 13.9 Å². The number of aromatic nitrogens is 2. The van der Waals surface area contributed by atoms with Crippen LogP contribution in [-0.4, -0.2) is 23.5 Å². The highest BCUT2D eigenvalue weighted by molar-refractivity contribution is 7.89. The third-order valence-corrected chi connectivity index (χ3v) is 5.82. The van der Waals surface area contributed by atoms with Crippen LogP contribution in [0.3, 0.4) is 0 Å². The molecule has 0 aliphatic rings. The second-order valence-electron chi connectivity index (χ2n) is 6.82. The molecule has 1 heterocycles. The van der Waals surface area contributed by atoms with E-state index in [0.29, 0.717) is 6.54 Å². The molecule has 0 spiro atoms. The summed E-state index contributed by atoms with van der Waals surface area (Å²) in [4.78, 5) is 25.0. The largest absolute Gasteiger partial charge is 0.350 e. The molecule has 1 aromatic heterocycles. The van der Waals surface area contributed by atoms with Crippen LogP contribution in [0.25, 0.3) is 11.0 Å². The normalized spacial score (nSPS) is 12.8. The van der Waals surface area contributed by atoms with E-state index in [4.69, 9.17) is 5.14 Å². The number of hydrogen-bond donors (Lipinski definition) is 2. The highest BCUT2D eigenvalue weighted by Crippen LogP contribution is 2.16.